The van der Waals surface area contributed by atoms with Gasteiger partial charge in [-0.05, 0) is 95.7 Å². The fourth-order valence-electron chi connectivity index (χ4n) is 3.83. The summed E-state index contributed by atoms with van der Waals surface area (Å²) in [4.78, 5) is 7.97. The van der Waals surface area contributed by atoms with E-state index in [2.05, 4.69) is 50.2 Å². The van der Waals surface area contributed by atoms with Gasteiger partial charge in [-0.15, -0.1) is 11.3 Å². The van der Waals surface area contributed by atoms with Gasteiger partial charge in [-0.25, -0.2) is 0 Å². The van der Waals surface area contributed by atoms with E-state index in [9.17, 15) is 0 Å². The molecule has 2 aromatic heterocycles. The predicted molar refractivity (Wildman–Crippen MR) is 138 cm³/mol. The highest BCUT2D eigenvalue weighted by atomic mass is 79.9. The van der Waals surface area contributed by atoms with E-state index in [1.54, 1.807) is 11.3 Å². The van der Waals surface area contributed by atoms with Gasteiger partial charge in [-0.3, -0.25) is 4.98 Å². The minimum atomic E-state index is -0.0438. The monoisotopic (exact) mass is 521 g/mol. The van der Waals surface area contributed by atoms with Gasteiger partial charge in [-0.1, -0.05) is 23.8 Å². The zero-order valence-corrected chi connectivity index (χ0v) is 20.5. The molecule has 5 rings (SSSR count). The third-order valence-corrected chi connectivity index (χ3v) is 7.36. The number of nitrogens with one attached hydrogen (secondary N) is 1. The van der Waals surface area contributed by atoms with Gasteiger partial charge < -0.3 is 15.0 Å². The summed E-state index contributed by atoms with van der Waals surface area (Å²) in [5.74, 6) is 1.60. The molecule has 1 saturated heterocycles. The van der Waals surface area contributed by atoms with Gasteiger partial charge in [-0.2, -0.15) is 0 Å². The van der Waals surface area contributed by atoms with Crippen molar-refractivity contribution in [2.75, 3.05) is 4.90 Å². The van der Waals surface area contributed by atoms with Crippen LogP contribution in [0.3, 0.4) is 0 Å². The lowest BCUT2D eigenvalue weighted by Gasteiger charge is -2.27. The number of hydrogen-bond donors (Lipinski definition) is 1. The maximum Gasteiger partial charge on any atom is 0.174 e. The van der Waals surface area contributed by atoms with Crippen LogP contribution in [-0.2, 0) is 0 Å². The normalized spacial score (nSPS) is 17.9. The summed E-state index contributed by atoms with van der Waals surface area (Å²) in [5, 5.41) is 4.17. The first-order chi connectivity index (χ1) is 15.6. The number of ether oxygens (including phenoxy) is 1. The number of thiocarbonyl (C=S) groups is 1. The molecule has 0 bridgehead atoms. The Kier molecular flexibility index (Phi) is 5.95. The molecule has 2 aromatic carbocycles. The summed E-state index contributed by atoms with van der Waals surface area (Å²) < 4.78 is 7.09. The van der Waals surface area contributed by atoms with Crippen molar-refractivity contribution >= 4 is 50.3 Å². The van der Waals surface area contributed by atoms with E-state index in [0.717, 1.165) is 26.7 Å². The number of aryl methyl sites for hydroxylation is 1. The molecule has 0 unspecified atom stereocenters. The topological polar surface area (TPSA) is 37.4 Å². The Morgan fingerprint density at radius 1 is 0.969 bits per heavy atom. The molecule has 32 heavy (non-hydrogen) atoms. The summed E-state index contributed by atoms with van der Waals surface area (Å²) in [5.41, 5.74) is 3.18. The standard InChI is InChI=1S/C25H20BrN3OS2/c1-16-5-9-18(10-6-16)30-19-11-7-17(8-12-19)29-24(21-13-14-22(26)32-21)23(28-25(29)31)20-4-2-3-15-27-20/h2-15,23-24H,1H3,(H,28,31)/t23-,24+/m1/s1. The van der Waals surface area contributed by atoms with Gasteiger partial charge in [0.15, 0.2) is 5.11 Å². The quantitative estimate of drug-likeness (QED) is 0.281. The van der Waals surface area contributed by atoms with Gasteiger partial charge in [0.1, 0.15) is 11.5 Å². The third-order valence-electron chi connectivity index (χ3n) is 5.36. The first kappa shape index (κ1) is 21.1. The van der Waals surface area contributed by atoms with Crippen molar-refractivity contribution in [2.45, 2.75) is 19.0 Å². The molecule has 1 N–H and O–H groups in total. The number of nitrogens with zero attached hydrogens (tertiary/aromatic N) is 2. The molecule has 3 heterocycles. The number of benzene rings is 2. The van der Waals surface area contributed by atoms with E-state index in [1.807, 2.05) is 72.9 Å². The molecule has 160 valence electrons. The van der Waals surface area contributed by atoms with E-state index < -0.39 is 0 Å². The zero-order chi connectivity index (χ0) is 22.1. The Bertz CT molecular complexity index is 1230. The van der Waals surface area contributed by atoms with Crippen LogP contribution in [0.5, 0.6) is 11.5 Å². The molecule has 1 fully saturated rings. The molecule has 2 atom stereocenters. The zero-order valence-electron chi connectivity index (χ0n) is 17.2. The Morgan fingerprint density at radius 2 is 1.69 bits per heavy atom. The largest absolute Gasteiger partial charge is 0.457 e. The van der Waals surface area contributed by atoms with Gasteiger partial charge in [0, 0.05) is 16.8 Å². The van der Waals surface area contributed by atoms with E-state index in [-0.39, 0.29) is 12.1 Å². The third kappa shape index (κ3) is 4.28. The molecule has 0 saturated carbocycles. The molecule has 0 spiro atoms. The van der Waals surface area contributed by atoms with Crippen molar-refractivity contribution in [3.63, 3.8) is 0 Å². The predicted octanol–water partition coefficient (Wildman–Crippen LogP) is 7.18. The lowest BCUT2D eigenvalue weighted by atomic mass is 10.0. The van der Waals surface area contributed by atoms with Crippen LogP contribution in [0.4, 0.5) is 5.69 Å². The second-order valence-electron chi connectivity index (χ2n) is 7.55. The molecule has 4 aromatic rings. The Morgan fingerprint density at radius 3 is 2.31 bits per heavy atom. The van der Waals surface area contributed by atoms with Crippen molar-refractivity contribution in [1.29, 1.82) is 0 Å². The van der Waals surface area contributed by atoms with Gasteiger partial charge in [0.25, 0.3) is 0 Å². The summed E-state index contributed by atoms with van der Waals surface area (Å²) in [6.07, 6.45) is 1.82. The number of hydrogen-bond acceptors (Lipinski definition) is 4. The second-order valence-corrected chi connectivity index (χ2v) is 10.4. The van der Waals surface area contributed by atoms with Crippen LogP contribution in [0.15, 0.2) is 88.8 Å². The van der Waals surface area contributed by atoms with Gasteiger partial charge in [0.2, 0.25) is 0 Å². The Balaban J connectivity index is 1.46. The van der Waals surface area contributed by atoms with Crippen LogP contribution in [0.25, 0.3) is 0 Å². The van der Waals surface area contributed by atoms with Crippen molar-refractivity contribution in [3.05, 3.63) is 105 Å². The molecular weight excluding hydrogens is 502 g/mol. The van der Waals surface area contributed by atoms with Gasteiger partial charge in [0.05, 0.1) is 21.6 Å². The van der Waals surface area contributed by atoms with Crippen molar-refractivity contribution < 1.29 is 4.74 Å². The molecule has 0 radical (unpaired) electrons. The molecular formula is C25H20BrN3OS2. The average molecular weight is 522 g/mol. The van der Waals surface area contributed by atoms with Crippen molar-refractivity contribution in [1.82, 2.24) is 10.3 Å². The number of anilines is 1. The van der Waals surface area contributed by atoms with Crippen molar-refractivity contribution in [2.24, 2.45) is 0 Å². The summed E-state index contributed by atoms with van der Waals surface area (Å²) in [6.45, 7) is 2.06. The van der Waals surface area contributed by atoms with Crippen LogP contribution in [0.2, 0.25) is 0 Å². The average Bonchev–Trinajstić information content (AvgIpc) is 3.39. The number of aromatic nitrogens is 1. The highest BCUT2D eigenvalue weighted by Gasteiger charge is 2.41. The molecule has 4 nitrogen and oxygen atoms in total. The summed E-state index contributed by atoms with van der Waals surface area (Å²) in [6, 6.07) is 26.2. The maximum absolute atomic E-state index is 6.00. The summed E-state index contributed by atoms with van der Waals surface area (Å²) in [7, 11) is 0. The smallest absolute Gasteiger partial charge is 0.174 e. The fourth-order valence-corrected chi connectivity index (χ4v) is 5.72. The van der Waals surface area contributed by atoms with Crippen molar-refractivity contribution in [3.8, 4) is 11.5 Å². The fraction of sp³-hybridized carbons (Fsp3) is 0.120. The maximum atomic E-state index is 6.00. The van der Waals surface area contributed by atoms with Crippen LogP contribution in [0.1, 0.15) is 28.2 Å². The van der Waals surface area contributed by atoms with E-state index in [4.69, 9.17) is 17.0 Å². The van der Waals surface area contributed by atoms with Crippen LogP contribution < -0.4 is 15.0 Å². The highest BCUT2D eigenvalue weighted by Crippen LogP contribution is 2.44. The summed E-state index contributed by atoms with van der Waals surface area (Å²) >= 11 is 11.1. The van der Waals surface area contributed by atoms with Crippen LogP contribution in [-0.4, -0.2) is 10.1 Å². The molecule has 0 amide bonds. The molecule has 0 aliphatic carbocycles. The van der Waals surface area contributed by atoms with E-state index in [0.29, 0.717) is 5.11 Å². The number of halogens is 1. The van der Waals surface area contributed by atoms with E-state index in [1.165, 1.54) is 10.4 Å². The first-order valence-electron chi connectivity index (χ1n) is 10.2. The molecule has 1 aliphatic rings. The molecule has 1 aliphatic heterocycles. The lowest BCUT2D eigenvalue weighted by Crippen LogP contribution is -2.28. The van der Waals surface area contributed by atoms with Crippen LogP contribution in [0, 0.1) is 6.92 Å². The van der Waals surface area contributed by atoms with E-state index >= 15 is 0 Å². The number of pyridine rings is 1. The van der Waals surface area contributed by atoms with Gasteiger partial charge >= 0.3 is 0 Å². The minimum absolute atomic E-state index is 0.00225. The highest BCUT2D eigenvalue weighted by molar-refractivity contribution is 9.11. The lowest BCUT2D eigenvalue weighted by molar-refractivity contribution is 0.482. The second kappa shape index (κ2) is 9.02. The minimum Gasteiger partial charge on any atom is -0.457 e. The SMILES string of the molecule is Cc1ccc(Oc2ccc(N3C(=S)N[C@H](c4ccccn4)[C@@H]3c3ccc(Br)s3)cc2)cc1. The Labute approximate surface area is 205 Å². The number of thiophene rings is 1. The number of rotatable bonds is 5. The first-order valence-corrected chi connectivity index (χ1v) is 12.2. The molecule has 7 heteroatoms. The Hall–Kier alpha value is -2.74. The van der Waals surface area contributed by atoms with Crippen LogP contribution >= 0.6 is 39.5 Å².